The van der Waals surface area contributed by atoms with Crippen LogP contribution in [0.4, 0.5) is 0 Å². The average molecular weight is 1160 g/mol. The van der Waals surface area contributed by atoms with Gasteiger partial charge < -0.3 is 25.2 Å². The molecule has 0 aliphatic heterocycles. The number of amides is 2. The van der Waals surface area contributed by atoms with E-state index in [4.69, 9.17) is 27.4 Å². The van der Waals surface area contributed by atoms with Crippen molar-refractivity contribution in [1.82, 2.24) is 25.3 Å². The van der Waals surface area contributed by atoms with E-state index >= 15 is 0 Å². The van der Waals surface area contributed by atoms with Crippen LogP contribution in [-0.2, 0) is 33.4 Å². The number of nitrogens with one attached hydrogen (secondary N) is 2. The molecule has 0 aromatic rings. The first-order valence-electron chi connectivity index (χ1n) is 26.3. The van der Waals surface area contributed by atoms with Crippen molar-refractivity contribution < 1.29 is 67.7 Å². The molecule has 0 radical (unpaired) electrons. The summed E-state index contributed by atoms with van der Waals surface area (Å²) in [5, 5.41) is 15.5. The van der Waals surface area contributed by atoms with Gasteiger partial charge in [-0.25, -0.2) is 0 Å². The molecule has 0 fully saturated rings. The summed E-state index contributed by atoms with van der Waals surface area (Å²) in [6, 6.07) is 0. The molecule has 0 heterocycles. The Hall–Kier alpha value is -0.575. The van der Waals surface area contributed by atoms with Crippen molar-refractivity contribution in [3.63, 3.8) is 0 Å². The normalized spacial score (nSPS) is 11.4. The zero-order valence-corrected chi connectivity index (χ0v) is 46.7. The molecule has 0 aromatic carbocycles. The number of unbranched alkanes of at least 4 members (excludes halogenated alkanes) is 30. The predicted molar refractivity (Wildman–Crippen MR) is 274 cm³/mol. The average Bonchev–Trinajstić information content (AvgIpc) is 3.29. The summed E-state index contributed by atoms with van der Waals surface area (Å²) in [5.74, 6) is 13.6. The van der Waals surface area contributed by atoms with Crippen molar-refractivity contribution in [2.45, 2.75) is 219 Å². The van der Waals surface area contributed by atoms with E-state index < -0.39 is 35.2 Å². The molecule has 0 bridgehead atoms. The number of carbonyl (C=O) groups excluding carboxylic acids is 4. The Bertz CT molecular complexity index is 1050. The second-order valence-corrected chi connectivity index (χ2v) is 28.0. The van der Waals surface area contributed by atoms with Gasteiger partial charge in [-0.15, -0.1) is 0 Å². The number of carbonyl (C=O) groups is 5. The van der Waals surface area contributed by atoms with Crippen molar-refractivity contribution in [3.05, 3.63) is 0 Å². The van der Waals surface area contributed by atoms with Gasteiger partial charge in [0.05, 0.1) is 19.6 Å². The van der Waals surface area contributed by atoms with Gasteiger partial charge in [-0.2, -0.15) is 0 Å². The fraction of sp³-hybridized carbons (Fsp3) is 0.900. The third kappa shape index (κ3) is 57.9. The SMILES string of the molecule is CCCCCCCCCCCCCCCCCCNC(=O)CN(CCN(CCN(COC=O)CC(=O)NCCCCCCCCCCCCCCCCCC)CC(=O)O)COC=O.[Cl][Gd]([Cl])[Cl]. The number of halogens is 3. The number of carboxylic acid groups (broad SMARTS) is 1. The van der Waals surface area contributed by atoms with Gasteiger partial charge in [-0.05, 0) is 12.8 Å². The third-order valence-corrected chi connectivity index (χ3v) is 11.9. The van der Waals surface area contributed by atoms with Crippen LogP contribution in [0.3, 0.4) is 0 Å². The Kier molecular flexibility index (Phi) is 57.6. The Labute approximate surface area is 429 Å². The quantitative estimate of drug-likeness (QED) is 0.0302. The van der Waals surface area contributed by atoms with E-state index in [1.165, 1.54) is 167 Å². The van der Waals surface area contributed by atoms with Gasteiger partial charge in [-0.3, -0.25) is 38.7 Å². The fourth-order valence-electron chi connectivity index (χ4n) is 8.00. The van der Waals surface area contributed by atoms with E-state index in [9.17, 15) is 29.1 Å². The van der Waals surface area contributed by atoms with Crippen LogP contribution in [0.2, 0.25) is 0 Å². The molecule has 0 saturated carbocycles. The molecule has 399 valence electrons. The summed E-state index contributed by atoms with van der Waals surface area (Å²) in [7, 11) is 0. The summed E-state index contributed by atoms with van der Waals surface area (Å²) in [4.78, 5) is 64.2. The number of carboxylic acids is 1. The fourth-order valence-corrected chi connectivity index (χ4v) is 8.00. The maximum absolute atomic E-state index is 12.8. The van der Waals surface area contributed by atoms with Crippen molar-refractivity contribution in [2.75, 3.05) is 72.4 Å². The van der Waals surface area contributed by atoms with Crippen LogP contribution >= 0.6 is 17.9 Å². The van der Waals surface area contributed by atoms with Crippen LogP contribution in [0.25, 0.3) is 0 Å². The second kappa shape index (κ2) is 56.3. The Morgan fingerprint density at radius 2 is 0.672 bits per heavy atom. The van der Waals surface area contributed by atoms with E-state index in [2.05, 4.69) is 24.5 Å². The molecule has 0 saturated heterocycles. The van der Waals surface area contributed by atoms with Crippen molar-refractivity contribution in [1.29, 1.82) is 0 Å². The maximum atomic E-state index is 12.8. The Morgan fingerprint density at radius 3 is 0.910 bits per heavy atom. The first kappa shape index (κ1) is 68.5. The minimum atomic E-state index is -1.98. The molecule has 67 heavy (non-hydrogen) atoms. The van der Waals surface area contributed by atoms with Crippen LogP contribution in [-0.4, -0.2) is 123 Å². The number of aliphatic carboxylic acids is 1. The van der Waals surface area contributed by atoms with Gasteiger partial charge in [0.2, 0.25) is 11.8 Å². The summed E-state index contributed by atoms with van der Waals surface area (Å²) < 4.78 is 9.92. The second-order valence-electron chi connectivity index (χ2n) is 18.0. The molecule has 13 nitrogen and oxygen atoms in total. The molecule has 0 aromatic heterocycles. The number of rotatable bonds is 52. The molecular formula is C50H97Cl3GdN5O8. The zero-order chi connectivity index (χ0) is 49.7. The Balaban J connectivity index is 0. The van der Waals surface area contributed by atoms with Gasteiger partial charge in [0.15, 0.2) is 0 Å². The standard InChI is InChI=1S/C50H97N5O8.3ClH.Gd/c1-3-5-7-9-11-13-15-17-19-21-23-25-27-29-31-33-35-51-48(58)41-54(44-62-46-56)39-37-53(43-50(60)61)38-40-55(45-63-47-57)42-49(59)52-36-34-32-30-28-26-24-22-20-18-16-14-12-10-8-6-4-2;;;;/h46-47H,3-45H2,1-2H3,(H,51,58)(H,52,59)(H,60,61);3*1H;/q;;;;+3/p-3. The van der Waals surface area contributed by atoms with Crippen molar-refractivity contribution >= 4 is 48.6 Å². The summed E-state index contributed by atoms with van der Waals surface area (Å²) >= 11 is -1.98. The molecular weight excluding hydrogens is 1060 g/mol. The van der Waals surface area contributed by atoms with Crippen molar-refractivity contribution in [2.24, 2.45) is 0 Å². The van der Waals surface area contributed by atoms with Gasteiger partial charge in [0.25, 0.3) is 12.9 Å². The zero-order valence-electron chi connectivity index (χ0n) is 42.2. The van der Waals surface area contributed by atoms with Crippen molar-refractivity contribution in [3.8, 4) is 0 Å². The van der Waals surface area contributed by atoms with E-state index in [0.717, 1.165) is 38.5 Å². The first-order valence-corrected chi connectivity index (χ1v) is 34.8. The van der Waals surface area contributed by atoms with Gasteiger partial charge in [-0.1, -0.05) is 206 Å². The molecule has 3 N–H and O–H groups in total. The number of nitrogens with zero attached hydrogens (tertiary/aromatic N) is 3. The minimum absolute atomic E-state index is 0.00643. The van der Waals surface area contributed by atoms with E-state index in [1.54, 1.807) is 14.7 Å². The van der Waals surface area contributed by atoms with Gasteiger partial charge in [0.1, 0.15) is 13.5 Å². The van der Waals surface area contributed by atoms with Crippen LogP contribution in [0, 0.1) is 29.2 Å². The predicted octanol–water partition coefficient (Wildman–Crippen LogP) is 12.1. The topological polar surface area (TPSA) is 158 Å². The van der Waals surface area contributed by atoms with Crippen LogP contribution < -0.4 is 10.6 Å². The molecule has 2 amide bonds. The molecule has 0 spiro atoms. The van der Waals surface area contributed by atoms with Crippen LogP contribution in [0.5, 0.6) is 0 Å². The molecule has 0 atom stereocenters. The summed E-state index contributed by atoms with van der Waals surface area (Å²) in [6.07, 6.45) is 41.2. The van der Waals surface area contributed by atoms with Crippen LogP contribution in [0.1, 0.15) is 219 Å². The van der Waals surface area contributed by atoms with Gasteiger partial charge in [0, 0.05) is 39.3 Å². The molecule has 0 aliphatic carbocycles. The molecule has 0 rings (SSSR count). The van der Waals surface area contributed by atoms with E-state index in [1.807, 2.05) is 0 Å². The monoisotopic (exact) mass is 1160 g/mol. The molecule has 17 heteroatoms. The van der Waals surface area contributed by atoms with E-state index in [0.29, 0.717) is 26.0 Å². The number of hydrogen-bond acceptors (Lipinski definition) is 10. The number of hydrogen-bond donors (Lipinski definition) is 3. The Morgan fingerprint density at radius 1 is 0.433 bits per heavy atom. The van der Waals surface area contributed by atoms with Gasteiger partial charge >= 0.3 is 53.1 Å². The summed E-state index contributed by atoms with van der Waals surface area (Å²) in [6.45, 7) is 6.98. The van der Waals surface area contributed by atoms with Crippen LogP contribution in [0.15, 0.2) is 0 Å². The molecule has 0 aliphatic rings. The first-order chi connectivity index (χ1) is 32.6. The third-order valence-electron chi connectivity index (χ3n) is 11.9. The number of ether oxygens (including phenoxy) is 2. The molecule has 0 unspecified atom stereocenters. The summed E-state index contributed by atoms with van der Waals surface area (Å²) in [5.41, 5.74) is 0. The van der Waals surface area contributed by atoms with E-state index in [-0.39, 0.29) is 71.1 Å².